The van der Waals surface area contributed by atoms with Crippen molar-refractivity contribution >= 4 is 23.2 Å². The van der Waals surface area contributed by atoms with Crippen LogP contribution in [-0.4, -0.2) is 18.4 Å². The summed E-state index contributed by atoms with van der Waals surface area (Å²) in [5.41, 5.74) is 3.44. The Morgan fingerprint density at radius 2 is 1.62 bits per heavy atom. The second-order valence-corrected chi connectivity index (χ2v) is 5.55. The van der Waals surface area contributed by atoms with Gasteiger partial charge in [-0.05, 0) is 56.7 Å². The monoisotopic (exact) mass is 326 g/mol. The molecule has 5 nitrogen and oxygen atoms in total. The fraction of sp³-hybridized carbons (Fsp3) is 0.263. The lowest BCUT2D eigenvalue weighted by atomic mass is 10.1. The number of rotatable bonds is 6. The van der Waals surface area contributed by atoms with E-state index in [1.807, 2.05) is 39.0 Å². The van der Waals surface area contributed by atoms with Crippen molar-refractivity contribution in [1.29, 1.82) is 0 Å². The third-order valence-corrected chi connectivity index (χ3v) is 3.43. The summed E-state index contributed by atoms with van der Waals surface area (Å²) in [7, 11) is 0. The van der Waals surface area contributed by atoms with Crippen LogP contribution in [0.5, 0.6) is 5.75 Å². The van der Waals surface area contributed by atoms with E-state index in [1.54, 1.807) is 24.3 Å². The van der Waals surface area contributed by atoms with Crippen LogP contribution in [0, 0.1) is 13.8 Å². The largest absolute Gasteiger partial charge is 0.494 e. The van der Waals surface area contributed by atoms with Gasteiger partial charge in [0.2, 0.25) is 11.8 Å². The molecule has 24 heavy (non-hydrogen) atoms. The molecule has 0 aliphatic heterocycles. The summed E-state index contributed by atoms with van der Waals surface area (Å²) in [6, 6.07) is 12.8. The average Bonchev–Trinajstić information content (AvgIpc) is 2.52. The summed E-state index contributed by atoms with van der Waals surface area (Å²) < 4.78 is 5.34. The molecule has 0 atom stereocenters. The van der Waals surface area contributed by atoms with E-state index in [1.165, 1.54) is 0 Å². The number of carbonyl (C=O) groups excluding carboxylic acids is 2. The van der Waals surface area contributed by atoms with Gasteiger partial charge >= 0.3 is 0 Å². The van der Waals surface area contributed by atoms with Gasteiger partial charge in [-0.15, -0.1) is 0 Å². The minimum Gasteiger partial charge on any atom is -0.494 e. The molecular formula is C19H22N2O3. The molecule has 0 aromatic heterocycles. The molecule has 0 aliphatic rings. The summed E-state index contributed by atoms with van der Waals surface area (Å²) in [6.45, 7) is 6.40. The molecule has 0 saturated carbocycles. The number of anilines is 2. The van der Waals surface area contributed by atoms with E-state index in [-0.39, 0.29) is 18.2 Å². The number of benzene rings is 2. The quantitative estimate of drug-likeness (QED) is 0.796. The molecule has 2 N–H and O–H groups in total. The highest BCUT2D eigenvalue weighted by Crippen LogP contribution is 2.17. The fourth-order valence-electron chi connectivity index (χ4n) is 2.30. The Hall–Kier alpha value is -2.82. The Kier molecular flexibility index (Phi) is 5.95. The Morgan fingerprint density at radius 3 is 2.25 bits per heavy atom. The zero-order valence-corrected chi connectivity index (χ0v) is 14.2. The van der Waals surface area contributed by atoms with Crippen molar-refractivity contribution in [2.24, 2.45) is 0 Å². The second kappa shape index (κ2) is 8.15. The maximum atomic E-state index is 12.0. The lowest BCUT2D eigenvalue weighted by Crippen LogP contribution is -2.21. The first kappa shape index (κ1) is 17.5. The number of ether oxygens (including phenoxy) is 1. The van der Waals surface area contributed by atoms with Crippen LogP contribution >= 0.6 is 0 Å². The number of nitrogens with one attached hydrogen (secondary N) is 2. The van der Waals surface area contributed by atoms with Crippen LogP contribution in [0.3, 0.4) is 0 Å². The van der Waals surface area contributed by atoms with Gasteiger partial charge in [0.15, 0.2) is 0 Å². The summed E-state index contributed by atoms with van der Waals surface area (Å²) in [4.78, 5) is 24.0. The first-order chi connectivity index (χ1) is 11.5. The number of hydrogen-bond donors (Lipinski definition) is 2. The normalized spacial score (nSPS) is 10.1. The van der Waals surface area contributed by atoms with Crippen molar-refractivity contribution in [3.05, 3.63) is 53.6 Å². The van der Waals surface area contributed by atoms with Crippen LogP contribution < -0.4 is 15.4 Å². The maximum absolute atomic E-state index is 12.0. The third-order valence-electron chi connectivity index (χ3n) is 3.43. The van der Waals surface area contributed by atoms with Crippen LogP contribution in [0.25, 0.3) is 0 Å². The molecule has 5 heteroatoms. The van der Waals surface area contributed by atoms with Gasteiger partial charge in [0.1, 0.15) is 12.2 Å². The third kappa shape index (κ3) is 5.12. The van der Waals surface area contributed by atoms with E-state index in [9.17, 15) is 9.59 Å². The van der Waals surface area contributed by atoms with Gasteiger partial charge in [-0.1, -0.05) is 17.7 Å². The zero-order chi connectivity index (χ0) is 17.5. The van der Waals surface area contributed by atoms with Crippen molar-refractivity contribution in [2.75, 3.05) is 17.2 Å². The molecule has 126 valence electrons. The predicted molar refractivity (Wildman–Crippen MR) is 95.4 cm³/mol. The smallest absolute Gasteiger partial charge is 0.233 e. The van der Waals surface area contributed by atoms with Crippen molar-refractivity contribution in [2.45, 2.75) is 27.2 Å². The first-order valence-electron chi connectivity index (χ1n) is 7.87. The van der Waals surface area contributed by atoms with Gasteiger partial charge < -0.3 is 15.4 Å². The molecule has 2 aromatic carbocycles. The van der Waals surface area contributed by atoms with E-state index < -0.39 is 0 Å². The highest BCUT2D eigenvalue weighted by molar-refractivity contribution is 6.08. The summed E-state index contributed by atoms with van der Waals surface area (Å²) in [5.74, 6) is 0.0369. The molecule has 2 rings (SSSR count). The van der Waals surface area contributed by atoms with Crippen LogP contribution in [0.2, 0.25) is 0 Å². The lowest BCUT2D eigenvalue weighted by Gasteiger charge is -2.10. The fourth-order valence-corrected chi connectivity index (χ4v) is 2.30. The van der Waals surface area contributed by atoms with E-state index in [4.69, 9.17) is 4.74 Å². The van der Waals surface area contributed by atoms with Crippen LogP contribution in [0.15, 0.2) is 42.5 Å². The molecule has 2 aromatic rings. The summed E-state index contributed by atoms with van der Waals surface area (Å²) in [5, 5.41) is 5.46. The first-order valence-corrected chi connectivity index (χ1v) is 7.87. The molecule has 0 spiro atoms. The van der Waals surface area contributed by atoms with Gasteiger partial charge in [0.25, 0.3) is 0 Å². The summed E-state index contributed by atoms with van der Waals surface area (Å²) >= 11 is 0. The number of aryl methyl sites for hydroxylation is 2. The molecule has 0 saturated heterocycles. The van der Waals surface area contributed by atoms with Crippen molar-refractivity contribution in [1.82, 2.24) is 0 Å². The zero-order valence-electron chi connectivity index (χ0n) is 14.2. The molecule has 0 bridgehead atoms. The van der Waals surface area contributed by atoms with Gasteiger partial charge in [0, 0.05) is 11.4 Å². The molecule has 0 aliphatic carbocycles. The highest BCUT2D eigenvalue weighted by atomic mass is 16.5. The maximum Gasteiger partial charge on any atom is 0.233 e. The number of carbonyl (C=O) groups is 2. The van der Waals surface area contributed by atoms with Crippen LogP contribution in [0.1, 0.15) is 24.5 Å². The lowest BCUT2D eigenvalue weighted by molar-refractivity contribution is -0.123. The van der Waals surface area contributed by atoms with E-state index >= 15 is 0 Å². The molecule has 0 heterocycles. The molecule has 0 unspecified atom stereocenters. The van der Waals surface area contributed by atoms with Crippen LogP contribution in [-0.2, 0) is 9.59 Å². The Labute approximate surface area is 142 Å². The molecule has 0 fully saturated rings. The Bertz CT molecular complexity index is 724. The average molecular weight is 326 g/mol. The van der Waals surface area contributed by atoms with Crippen molar-refractivity contribution < 1.29 is 14.3 Å². The predicted octanol–water partition coefficient (Wildman–Crippen LogP) is 3.67. The minimum absolute atomic E-state index is 0.236. The van der Waals surface area contributed by atoms with E-state index in [2.05, 4.69) is 10.6 Å². The molecule has 0 radical (unpaired) electrons. The van der Waals surface area contributed by atoms with E-state index in [0.29, 0.717) is 12.3 Å². The molecule has 2 amide bonds. The van der Waals surface area contributed by atoms with E-state index in [0.717, 1.165) is 22.6 Å². The number of amides is 2. The van der Waals surface area contributed by atoms with Gasteiger partial charge in [-0.2, -0.15) is 0 Å². The van der Waals surface area contributed by atoms with Gasteiger partial charge in [0.05, 0.1) is 6.61 Å². The standard InChI is InChI=1S/C19H22N2O3/c1-4-24-16-8-6-15(7-9-16)20-18(22)12-19(23)21-17-10-5-13(2)11-14(17)3/h5-11H,4,12H2,1-3H3,(H,20,22)(H,21,23). The van der Waals surface area contributed by atoms with Crippen LogP contribution in [0.4, 0.5) is 11.4 Å². The summed E-state index contributed by atoms with van der Waals surface area (Å²) in [6.07, 6.45) is -0.236. The van der Waals surface area contributed by atoms with Gasteiger partial charge in [-0.25, -0.2) is 0 Å². The van der Waals surface area contributed by atoms with Gasteiger partial charge in [-0.3, -0.25) is 9.59 Å². The minimum atomic E-state index is -0.360. The molecular weight excluding hydrogens is 304 g/mol. The number of hydrogen-bond acceptors (Lipinski definition) is 3. The topological polar surface area (TPSA) is 67.4 Å². The van der Waals surface area contributed by atoms with Crippen molar-refractivity contribution in [3.8, 4) is 5.75 Å². The highest BCUT2D eigenvalue weighted by Gasteiger charge is 2.11. The van der Waals surface area contributed by atoms with Crippen molar-refractivity contribution in [3.63, 3.8) is 0 Å². The Balaban J connectivity index is 1.88. The Morgan fingerprint density at radius 1 is 0.958 bits per heavy atom. The second-order valence-electron chi connectivity index (χ2n) is 5.55. The SMILES string of the molecule is CCOc1ccc(NC(=O)CC(=O)Nc2ccc(C)cc2C)cc1.